The highest BCUT2D eigenvalue weighted by Crippen LogP contribution is 2.00. The van der Waals surface area contributed by atoms with Crippen LogP contribution in [0, 0.1) is 5.92 Å². The third-order valence-corrected chi connectivity index (χ3v) is 2.41. The average molecular weight is 196 g/mol. The molecule has 0 heterocycles. The van der Waals surface area contributed by atoms with E-state index >= 15 is 0 Å². The van der Waals surface area contributed by atoms with Crippen LogP contribution in [0.3, 0.4) is 0 Å². The van der Waals surface area contributed by atoms with E-state index in [1.165, 1.54) is 5.75 Å². The maximum Gasteiger partial charge on any atom is 0.0226 e. The van der Waals surface area contributed by atoms with E-state index < -0.39 is 0 Å². The van der Waals surface area contributed by atoms with Gasteiger partial charge in [0.15, 0.2) is 0 Å². The summed E-state index contributed by atoms with van der Waals surface area (Å²) in [4.78, 5) is 0. The summed E-state index contributed by atoms with van der Waals surface area (Å²) >= 11 is 7.48. The molecule has 0 amide bonds. The van der Waals surface area contributed by atoms with Crippen molar-refractivity contribution in [2.24, 2.45) is 5.92 Å². The van der Waals surface area contributed by atoms with Crippen LogP contribution >= 0.6 is 23.4 Å². The van der Waals surface area contributed by atoms with Gasteiger partial charge >= 0.3 is 0 Å². The number of thioether (sulfide) groups is 1. The monoisotopic (exact) mass is 195 g/mol. The Bertz CT molecular complexity index is 80.5. The van der Waals surface area contributed by atoms with E-state index in [9.17, 15) is 0 Å². The Morgan fingerprint density at radius 3 is 2.82 bits per heavy atom. The second kappa shape index (κ2) is 8.69. The van der Waals surface area contributed by atoms with Crippen LogP contribution in [0.1, 0.15) is 13.3 Å². The van der Waals surface area contributed by atoms with Crippen molar-refractivity contribution >= 4 is 23.4 Å². The van der Waals surface area contributed by atoms with Crippen molar-refractivity contribution in [3.05, 3.63) is 0 Å². The zero-order chi connectivity index (χ0) is 8.53. The summed E-state index contributed by atoms with van der Waals surface area (Å²) in [6.07, 6.45) is 3.25. The molecular weight excluding hydrogens is 178 g/mol. The molecule has 0 bridgehead atoms. The first-order chi connectivity index (χ1) is 5.31. The lowest BCUT2D eigenvalue weighted by Gasteiger charge is -2.09. The van der Waals surface area contributed by atoms with E-state index in [-0.39, 0.29) is 0 Å². The molecule has 0 aromatic heterocycles. The predicted octanol–water partition coefficient (Wildman–Crippen LogP) is 2.20. The van der Waals surface area contributed by atoms with Gasteiger partial charge in [-0.15, -0.1) is 11.6 Å². The van der Waals surface area contributed by atoms with Gasteiger partial charge < -0.3 is 5.32 Å². The normalized spacial score (nSPS) is 13.4. The maximum atomic E-state index is 5.60. The molecule has 0 fully saturated rings. The highest BCUT2D eigenvalue weighted by molar-refractivity contribution is 7.98. The molecule has 0 aliphatic carbocycles. The van der Waals surface area contributed by atoms with Crippen molar-refractivity contribution < 1.29 is 0 Å². The minimum Gasteiger partial charge on any atom is -0.316 e. The van der Waals surface area contributed by atoms with Crippen LogP contribution < -0.4 is 5.32 Å². The van der Waals surface area contributed by atoms with E-state index in [1.54, 1.807) is 0 Å². The van der Waals surface area contributed by atoms with Crippen LogP contribution in [0.15, 0.2) is 0 Å². The summed E-state index contributed by atoms with van der Waals surface area (Å²) < 4.78 is 0. The van der Waals surface area contributed by atoms with E-state index in [0.29, 0.717) is 5.92 Å². The smallest absolute Gasteiger partial charge is 0.0226 e. The van der Waals surface area contributed by atoms with Crippen LogP contribution in [-0.2, 0) is 0 Å². The standard InChI is InChI=1S/C8H18ClNS/c1-8(3-4-9)7-10-5-6-11-2/h8,10H,3-7H2,1-2H3. The SMILES string of the molecule is CSCCNCC(C)CCCl. The first-order valence-electron chi connectivity index (χ1n) is 4.07. The Balaban J connectivity index is 2.97. The minimum atomic E-state index is 0.717. The number of alkyl halides is 1. The van der Waals surface area contributed by atoms with Gasteiger partial charge in [-0.05, 0) is 25.1 Å². The van der Waals surface area contributed by atoms with Gasteiger partial charge in [0.25, 0.3) is 0 Å². The average Bonchev–Trinajstić information content (AvgIpc) is 1.99. The Hall–Kier alpha value is 0.600. The third-order valence-electron chi connectivity index (χ3n) is 1.58. The molecular formula is C8H18ClNS. The van der Waals surface area contributed by atoms with Gasteiger partial charge in [-0.2, -0.15) is 11.8 Å². The lowest BCUT2D eigenvalue weighted by molar-refractivity contribution is 0.513. The van der Waals surface area contributed by atoms with Crippen molar-refractivity contribution in [3.63, 3.8) is 0 Å². The van der Waals surface area contributed by atoms with E-state index in [4.69, 9.17) is 11.6 Å². The molecule has 0 aromatic rings. The molecule has 0 aliphatic rings. The second-order valence-electron chi connectivity index (χ2n) is 2.78. The van der Waals surface area contributed by atoms with Gasteiger partial charge in [-0.25, -0.2) is 0 Å². The lowest BCUT2D eigenvalue weighted by Crippen LogP contribution is -2.23. The fourth-order valence-corrected chi connectivity index (χ4v) is 1.53. The van der Waals surface area contributed by atoms with E-state index in [1.807, 2.05) is 11.8 Å². The van der Waals surface area contributed by atoms with Crippen molar-refractivity contribution in [1.82, 2.24) is 5.32 Å². The minimum absolute atomic E-state index is 0.717. The van der Waals surface area contributed by atoms with E-state index in [2.05, 4.69) is 18.5 Å². The van der Waals surface area contributed by atoms with Gasteiger partial charge in [0.05, 0.1) is 0 Å². The third kappa shape index (κ3) is 8.51. The molecule has 0 saturated heterocycles. The molecule has 3 heteroatoms. The fourth-order valence-electron chi connectivity index (χ4n) is 0.811. The van der Waals surface area contributed by atoms with Gasteiger partial charge in [0.2, 0.25) is 0 Å². The fraction of sp³-hybridized carbons (Fsp3) is 1.00. The molecule has 0 aliphatic heterocycles. The first-order valence-corrected chi connectivity index (χ1v) is 5.99. The topological polar surface area (TPSA) is 12.0 Å². The zero-order valence-electron chi connectivity index (χ0n) is 7.40. The molecule has 0 spiro atoms. The number of nitrogens with one attached hydrogen (secondary N) is 1. The molecule has 0 saturated carbocycles. The zero-order valence-corrected chi connectivity index (χ0v) is 8.97. The summed E-state index contributed by atoms with van der Waals surface area (Å²) in [6.45, 7) is 4.45. The molecule has 1 nitrogen and oxygen atoms in total. The van der Waals surface area contributed by atoms with Crippen molar-refractivity contribution in [3.8, 4) is 0 Å². The summed E-state index contributed by atoms with van der Waals surface area (Å²) in [5, 5.41) is 3.39. The maximum absolute atomic E-state index is 5.60. The summed E-state index contributed by atoms with van der Waals surface area (Å²) in [5.74, 6) is 2.70. The quantitative estimate of drug-likeness (QED) is 0.494. The van der Waals surface area contributed by atoms with Crippen LogP contribution in [-0.4, -0.2) is 31.0 Å². The second-order valence-corrected chi connectivity index (χ2v) is 4.14. The van der Waals surface area contributed by atoms with E-state index in [0.717, 1.165) is 25.4 Å². The molecule has 0 radical (unpaired) electrons. The van der Waals surface area contributed by atoms with Gasteiger partial charge in [-0.3, -0.25) is 0 Å². The lowest BCUT2D eigenvalue weighted by atomic mass is 10.1. The Kier molecular flexibility index (Phi) is 9.17. The van der Waals surface area contributed by atoms with Crippen LogP contribution in [0.2, 0.25) is 0 Å². The molecule has 68 valence electrons. The highest BCUT2D eigenvalue weighted by atomic mass is 35.5. The molecule has 1 N–H and O–H groups in total. The summed E-state index contributed by atoms with van der Waals surface area (Å²) in [5.41, 5.74) is 0. The van der Waals surface area contributed by atoms with Gasteiger partial charge in [0, 0.05) is 18.2 Å². The Morgan fingerprint density at radius 1 is 1.55 bits per heavy atom. The molecule has 1 atom stereocenters. The number of hydrogen-bond acceptors (Lipinski definition) is 2. The number of hydrogen-bond donors (Lipinski definition) is 1. The molecule has 1 unspecified atom stereocenters. The van der Waals surface area contributed by atoms with Gasteiger partial charge in [0.1, 0.15) is 0 Å². The molecule has 0 aromatic carbocycles. The van der Waals surface area contributed by atoms with Crippen LogP contribution in [0.4, 0.5) is 0 Å². The van der Waals surface area contributed by atoms with Crippen LogP contribution in [0.25, 0.3) is 0 Å². The summed E-state index contributed by atoms with van der Waals surface area (Å²) in [7, 11) is 0. The predicted molar refractivity (Wildman–Crippen MR) is 55.8 cm³/mol. The number of halogens is 1. The first kappa shape index (κ1) is 11.6. The van der Waals surface area contributed by atoms with Crippen LogP contribution in [0.5, 0.6) is 0 Å². The Labute approximate surface area is 79.3 Å². The Morgan fingerprint density at radius 2 is 2.27 bits per heavy atom. The highest BCUT2D eigenvalue weighted by Gasteiger charge is 1.98. The largest absolute Gasteiger partial charge is 0.316 e. The molecule has 11 heavy (non-hydrogen) atoms. The van der Waals surface area contributed by atoms with Crippen molar-refractivity contribution in [2.75, 3.05) is 31.0 Å². The van der Waals surface area contributed by atoms with Gasteiger partial charge in [-0.1, -0.05) is 6.92 Å². The van der Waals surface area contributed by atoms with Crippen molar-refractivity contribution in [1.29, 1.82) is 0 Å². The number of rotatable bonds is 7. The van der Waals surface area contributed by atoms with Crippen molar-refractivity contribution in [2.45, 2.75) is 13.3 Å². The molecule has 0 rings (SSSR count). The summed E-state index contributed by atoms with van der Waals surface area (Å²) in [6, 6.07) is 0.